The number of alkyl halides is 2. The maximum atomic E-state index is 13.1. The normalized spacial score (nSPS) is 30.2. The maximum Gasteiger partial charge on any atom is 0.326 e. The standard InChI is InChI=1S/C10H15ClFNO2/c1-7(5-11)3-10(9(14)15-2)4-8(12)6-13-10/h8,13H,1,3-6H2,2H3. The number of carbonyl (C=O) groups excluding carboxylic acids is 1. The van der Waals surface area contributed by atoms with E-state index >= 15 is 0 Å². The molecule has 0 aromatic carbocycles. The predicted octanol–water partition coefficient (Wildman–Crippen LogP) is 1.41. The Morgan fingerprint density at radius 2 is 2.47 bits per heavy atom. The lowest BCUT2D eigenvalue weighted by atomic mass is 9.90. The number of ether oxygens (including phenoxy) is 1. The Labute approximate surface area is 93.6 Å². The van der Waals surface area contributed by atoms with Crippen molar-refractivity contribution in [2.45, 2.75) is 24.6 Å². The van der Waals surface area contributed by atoms with Crippen molar-refractivity contribution in [3.05, 3.63) is 12.2 Å². The summed E-state index contributed by atoms with van der Waals surface area (Å²) in [6, 6.07) is 0. The van der Waals surface area contributed by atoms with Crippen LogP contribution in [0.15, 0.2) is 12.2 Å². The van der Waals surface area contributed by atoms with Gasteiger partial charge in [0.05, 0.1) is 7.11 Å². The van der Waals surface area contributed by atoms with Crippen molar-refractivity contribution in [1.29, 1.82) is 0 Å². The van der Waals surface area contributed by atoms with E-state index in [1.807, 2.05) is 0 Å². The van der Waals surface area contributed by atoms with Gasteiger partial charge in [0.25, 0.3) is 0 Å². The molecular weight excluding hydrogens is 221 g/mol. The highest BCUT2D eigenvalue weighted by atomic mass is 35.5. The van der Waals surface area contributed by atoms with Gasteiger partial charge in [-0.3, -0.25) is 10.1 Å². The Morgan fingerprint density at radius 3 is 2.87 bits per heavy atom. The topological polar surface area (TPSA) is 38.3 Å². The van der Waals surface area contributed by atoms with E-state index in [2.05, 4.69) is 16.6 Å². The molecule has 1 saturated heterocycles. The van der Waals surface area contributed by atoms with Crippen LogP contribution in [0.4, 0.5) is 4.39 Å². The molecule has 0 amide bonds. The molecule has 2 unspecified atom stereocenters. The third-order valence-corrected chi connectivity index (χ3v) is 2.93. The van der Waals surface area contributed by atoms with Gasteiger partial charge in [0.15, 0.2) is 0 Å². The highest BCUT2D eigenvalue weighted by molar-refractivity contribution is 6.19. The third kappa shape index (κ3) is 2.69. The number of hydrogen-bond donors (Lipinski definition) is 1. The molecule has 1 heterocycles. The second kappa shape index (κ2) is 4.94. The van der Waals surface area contributed by atoms with Crippen LogP contribution in [0.2, 0.25) is 0 Å². The van der Waals surface area contributed by atoms with E-state index in [0.29, 0.717) is 12.0 Å². The van der Waals surface area contributed by atoms with Crippen molar-refractivity contribution in [3.63, 3.8) is 0 Å². The van der Waals surface area contributed by atoms with Crippen molar-refractivity contribution in [3.8, 4) is 0 Å². The summed E-state index contributed by atoms with van der Waals surface area (Å²) in [4.78, 5) is 11.6. The molecule has 0 aromatic rings. The molecule has 15 heavy (non-hydrogen) atoms. The smallest absolute Gasteiger partial charge is 0.326 e. The molecule has 0 aliphatic carbocycles. The van der Waals surface area contributed by atoms with Crippen LogP contribution in [0.25, 0.3) is 0 Å². The molecular formula is C10H15ClFNO2. The van der Waals surface area contributed by atoms with Crippen LogP contribution in [0.1, 0.15) is 12.8 Å². The fraction of sp³-hybridized carbons (Fsp3) is 0.700. The zero-order valence-corrected chi connectivity index (χ0v) is 9.44. The van der Waals surface area contributed by atoms with Crippen molar-refractivity contribution >= 4 is 17.6 Å². The lowest BCUT2D eigenvalue weighted by Crippen LogP contribution is -2.48. The zero-order chi connectivity index (χ0) is 11.5. The van der Waals surface area contributed by atoms with E-state index in [1.165, 1.54) is 7.11 Å². The van der Waals surface area contributed by atoms with Gasteiger partial charge in [-0.25, -0.2) is 4.39 Å². The minimum Gasteiger partial charge on any atom is -0.468 e. The van der Waals surface area contributed by atoms with Crippen LogP contribution in [0.3, 0.4) is 0 Å². The molecule has 1 rings (SSSR count). The predicted molar refractivity (Wildman–Crippen MR) is 56.7 cm³/mol. The molecule has 5 heteroatoms. The SMILES string of the molecule is C=C(CCl)CC1(C(=O)OC)CC(F)CN1. The molecule has 3 nitrogen and oxygen atoms in total. The molecule has 0 bridgehead atoms. The fourth-order valence-electron chi connectivity index (χ4n) is 1.86. The van der Waals surface area contributed by atoms with Gasteiger partial charge in [0.1, 0.15) is 11.7 Å². The van der Waals surface area contributed by atoms with Gasteiger partial charge in [0, 0.05) is 18.8 Å². The summed E-state index contributed by atoms with van der Waals surface area (Å²) in [5.74, 6) is -0.189. The van der Waals surface area contributed by atoms with Gasteiger partial charge in [-0.15, -0.1) is 11.6 Å². The first-order chi connectivity index (χ1) is 7.04. The Bertz CT molecular complexity index is 272. The summed E-state index contributed by atoms with van der Waals surface area (Å²) in [6.07, 6.45) is -0.577. The van der Waals surface area contributed by atoms with E-state index in [-0.39, 0.29) is 18.8 Å². The maximum absolute atomic E-state index is 13.1. The quantitative estimate of drug-likeness (QED) is 0.455. The average molecular weight is 236 g/mol. The molecule has 1 fully saturated rings. The molecule has 0 spiro atoms. The molecule has 1 N–H and O–H groups in total. The number of nitrogens with one attached hydrogen (secondary N) is 1. The minimum atomic E-state index is -1.02. The monoisotopic (exact) mass is 235 g/mol. The van der Waals surface area contributed by atoms with Crippen LogP contribution in [0.5, 0.6) is 0 Å². The second-order valence-corrected chi connectivity index (χ2v) is 4.08. The fourth-order valence-corrected chi connectivity index (χ4v) is 1.95. The van der Waals surface area contributed by atoms with E-state index in [1.54, 1.807) is 0 Å². The summed E-state index contributed by atoms with van der Waals surface area (Å²) in [6.45, 7) is 3.89. The molecule has 86 valence electrons. The summed E-state index contributed by atoms with van der Waals surface area (Å²) < 4.78 is 17.8. The number of hydrogen-bond acceptors (Lipinski definition) is 3. The van der Waals surface area contributed by atoms with Crippen LogP contribution >= 0.6 is 11.6 Å². The summed E-state index contributed by atoms with van der Waals surface area (Å²) in [7, 11) is 1.29. The van der Waals surface area contributed by atoms with Crippen LogP contribution in [0, 0.1) is 0 Å². The molecule has 0 aromatic heterocycles. The van der Waals surface area contributed by atoms with Crippen molar-refractivity contribution in [1.82, 2.24) is 5.32 Å². The zero-order valence-electron chi connectivity index (χ0n) is 8.69. The number of halogens is 2. The van der Waals surface area contributed by atoms with Gasteiger partial charge in [-0.1, -0.05) is 12.2 Å². The Morgan fingerprint density at radius 1 is 1.80 bits per heavy atom. The highest BCUT2D eigenvalue weighted by Gasteiger charge is 2.46. The first-order valence-corrected chi connectivity index (χ1v) is 5.27. The molecule has 1 aliphatic rings. The largest absolute Gasteiger partial charge is 0.468 e. The van der Waals surface area contributed by atoms with Crippen LogP contribution < -0.4 is 5.32 Å². The molecule has 1 aliphatic heterocycles. The van der Waals surface area contributed by atoms with Gasteiger partial charge in [-0.05, 0) is 6.42 Å². The number of esters is 1. The first-order valence-electron chi connectivity index (χ1n) is 4.74. The third-order valence-electron chi connectivity index (χ3n) is 2.55. The minimum absolute atomic E-state index is 0.121. The van der Waals surface area contributed by atoms with Gasteiger partial charge in [0.2, 0.25) is 0 Å². The molecule has 0 radical (unpaired) electrons. The number of rotatable bonds is 4. The summed E-state index contributed by atoms with van der Waals surface area (Å²) in [5, 5.41) is 2.87. The van der Waals surface area contributed by atoms with Gasteiger partial charge < -0.3 is 4.74 Å². The summed E-state index contributed by atoms with van der Waals surface area (Å²) in [5.41, 5.74) is -0.274. The lowest BCUT2D eigenvalue weighted by molar-refractivity contribution is -0.148. The Kier molecular flexibility index (Phi) is 4.11. The van der Waals surface area contributed by atoms with Crippen molar-refractivity contribution in [2.24, 2.45) is 0 Å². The van der Waals surface area contributed by atoms with Gasteiger partial charge >= 0.3 is 5.97 Å². The van der Waals surface area contributed by atoms with Crippen molar-refractivity contribution < 1.29 is 13.9 Å². The first kappa shape index (κ1) is 12.5. The second-order valence-electron chi connectivity index (χ2n) is 3.82. The number of methoxy groups -OCH3 is 1. The lowest BCUT2D eigenvalue weighted by Gasteiger charge is -2.26. The number of carbonyl (C=O) groups is 1. The van der Waals surface area contributed by atoms with Crippen LogP contribution in [-0.4, -0.2) is 37.2 Å². The van der Waals surface area contributed by atoms with E-state index in [9.17, 15) is 9.18 Å². The van der Waals surface area contributed by atoms with Gasteiger partial charge in [-0.2, -0.15) is 0 Å². The Hall–Kier alpha value is -0.610. The van der Waals surface area contributed by atoms with Crippen LogP contribution in [-0.2, 0) is 9.53 Å². The average Bonchev–Trinajstić information content (AvgIpc) is 2.59. The Balaban J connectivity index is 2.78. The molecule has 2 atom stereocenters. The molecule has 0 saturated carbocycles. The van der Waals surface area contributed by atoms with E-state index in [4.69, 9.17) is 11.6 Å². The highest BCUT2D eigenvalue weighted by Crippen LogP contribution is 2.29. The van der Waals surface area contributed by atoms with E-state index in [0.717, 1.165) is 0 Å². The summed E-state index contributed by atoms with van der Waals surface area (Å²) >= 11 is 5.60. The van der Waals surface area contributed by atoms with Crippen molar-refractivity contribution in [2.75, 3.05) is 19.5 Å². The van der Waals surface area contributed by atoms with E-state index < -0.39 is 17.7 Å².